The Morgan fingerprint density at radius 2 is 1.87 bits per heavy atom. The Kier molecular flexibility index (Phi) is 7.11. The van der Waals surface area contributed by atoms with Crippen LogP contribution in [-0.2, 0) is 9.53 Å². The molecule has 0 aliphatic rings. The molecule has 122 valence electrons. The maximum Gasteiger partial charge on any atom is 0.220 e. The number of nitrogens with one attached hydrogen (secondary N) is 1. The van der Waals surface area contributed by atoms with Crippen molar-refractivity contribution in [3.63, 3.8) is 0 Å². The number of hydrogen-bond donors (Lipinski definition) is 1. The molecule has 1 N–H and O–H groups in total. The van der Waals surface area contributed by atoms with Crippen LogP contribution in [0.4, 0.5) is 0 Å². The van der Waals surface area contributed by atoms with Crippen LogP contribution in [-0.4, -0.2) is 19.1 Å². The van der Waals surface area contributed by atoms with Crippen LogP contribution < -0.4 is 5.32 Å². The second-order valence-electron chi connectivity index (χ2n) is 5.27. The van der Waals surface area contributed by atoms with Gasteiger partial charge in [0.2, 0.25) is 5.91 Å². The SMILES string of the molecule is CCOCCCC(=O)NC(c1ccccc1)c1cccc(Cl)c1. The molecular formula is C19H22ClNO2. The number of benzene rings is 2. The van der Waals surface area contributed by atoms with Crippen LogP contribution in [0.15, 0.2) is 54.6 Å². The lowest BCUT2D eigenvalue weighted by atomic mass is 9.98. The molecule has 0 bridgehead atoms. The number of rotatable bonds is 8. The molecule has 2 aromatic carbocycles. The van der Waals surface area contributed by atoms with Crippen molar-refractivity contribution in [2.45, 2.75) is 25.8 Å². The first-order valence-electron chi connectivity index (χ1n) is 7.88. The summed E-state index contributed by atoms with van der Waals surface area (Å²) >= 11 is 6.10. The predicted molar refractivity (Wildman–Crippen MR) is 93.6 cm³/mol. The van der Waals surface area contributed by atoms with E-state index in [1.54, 1.807) is 0 Å². The van der Waals surface area contributed by atoms with E-state index in [9.17, 15) is 4.79 Å². The summed E-state index contributed by atoms with van der Waals surface area (Å²) < 4.78 is 5.28. The van der Waals surface area contributed by atoms with Crippen molar-refractivity contribution in [1.29, 1.82) is 0 Å². The van der Waals surface area contributed by atoms with E-state index in [-0.39, 0.29) is 11.9 Å². The molecule has 0 saturated heterocycles. The topological polar surface area (TPSA) is 38.3 Å². The predicted octanol–water partition coefficient (Wildman–Crippen LogP) is 4.36. The van der Waals surface area contributed by atoms with Crippen LogP contribution >= 0.6 is 11.6 Å². The van der Waals surface area contributed by atoms with Gasteiger partial charge in [0.15, 0.2) is 0 Å². The molecule has 1 amide bonds. The summed E-state index contributed by atoms with van der Waals surface area (Å²) in [5.41, 5.74) is 2.01. The van der Waals surface area contributed by atoms with Gasteiger partial charge in [-0.05, 0) is 36.6 Å². The highest BCUT2D eigenvalue weighted by atomic mass is 35.5. The summed E-state index contributed by atoms with van der Waals surface area (Å²) in [5.74, 6) is 0.0125. The van der Waals surface area contributed by atoms with E-state index < -0.39 is 0 Å². The highest BCUT2D eigenvalue weighted by Gasteiger charge is 2.16. The second kappa shape index (κ2) is 9.33. The van der Waals surface area contributed by atoms with Crippen LogP contribution in [0.3, 0.4) is 0 Å². The molecule has 1 atom stereocenters. The molecule has 0 aliphatic carbocycles. The van der Waals surface area contributed by atoms with Crippen molar-refractivity contribution in [3.8, 4) is 0 Å². The molecule has 0 fully saturated rings. The summed E-state index contributed by atoms with van der Waals surface area (Å²) in [6.45, 7) is 3.23. The van der Waals surface area contributed by atoms with Gasteiger partial charge in [0.25, 0.3) is 0 Å². The fourth-order valence-corrected chi connectivity index (χ4v) is 2.60. The lowest BCUT2D eigenvalue weighted by molar-refractivity contribution is -0.121. The van der Waals surface area contributed by atoms with Gasteiger partial charge in [0.05, 0.1) is 6.04 Å². The molecular weight excluding hydrogens is 310 g/mol. The number of ether oxygens (including phenoxy) is 1. The van der Waals surface area contributed by atoms with Gasteiger partial charge < -0.3 is 10.1 Å². The average molecular weight is 332 g/mol. The molecule has 2 aromatic rings. The molecule has 1 unspecified atom stereocenters. The number of halogens is 1. The average Bonchev–Trinajstić information content (AvgIpc) is 2.57. The standard InChI is InChI=1S/C19H22ClNO2/c1-2-23-13-7-12-18(22)21-19(15-8-4-3-5-9-15)16-10-6-11-17(20)14-16/h3-6,8-11,14,19H,2,7,12-13H2,1H3,(H,21,22). The minimum atomic E-state index is -0.200. The van der Waals surface area contributed by atoms with Gasteiger partial charge in [-0.3, -0.25) is 4.79 Å². The van der Waals surface area contributed by atoms with Crippen molar-refractivity contribution in [2.75, 3.05) is 13.2 Å². The lowest BCUT2D eigenvalue weighted by Gasteiger charge is -2.20. The van der Waals surface area contributed by atoms with E-state index in [1.165, 1.54) is 0 Å². The first-order valence-corrected chi connectivity index (χ1v) is 8.26. The van der Waals surface area contributed by atoms with E-state index in [2.05, 4.69) is 5.32 Å². The Bertz CT molecular complexity index is 616. The Morgan fingerprint density at radius 1 is 1.13 bits per heavy atom. The minimum Gasteiger partial charge on any atom is -0.382 e. The Morgan fingerprint density at radius 3 is 2.57 bits per heavy atom. The number of carbonyl (C=O) groups is 1. The zero-order valence-corrected chi connectivity index (χ0v) is 14.1. The van der Waals surface area contributed by atoms with Gasteiger partial charge >= 0.3 is 0 Å². The number of carbonyl (C=O) groups excluding carboxylic acids is 1. The van der Waals surface area contributed by atoms with Crippen molar-refractivity contribution >= 4 is 17.5 Å². The van der Waals surface area contributed by atoms with E-state index in [0.717, 1.165) is 17.5 Å². The third-order valence-corrected chi connectivity index (χ3v) is 3.75. The summed E-state index contributed by atoms with van der Waals surface area (Å²) in [7, 11) is 0. The highest BCUT2D eigenvalue weighted by molar-refractivity contribution is 6.30. The molecule has 23 heavy (non-hydrogen) atoms. The van der Waals surface area contributed by atoms with E-state index in [1.807, 2.05) is 61.5 Å². The lowest BCUT2D eigenvalue weighted by Crippen LogP contribution is -2.29. The van der Waals surface area contributed by atoms with Crippen molar-refractivity contribution < 1.29 is 9.53 Å². The molecule has 0 radical (unpaired) electrons. The molecule has 0 aromatic heterocycles. The molecule has 0 saturated carbocycles. The maximum atomic E-state index is 12.2. The molecule has 0 spiro atoms. The van der Waals surface area contributed by atoms with Crippen LogP contribution in [0.2, 0.25) is 5.02 Å². The Hall–Kier alpha value is -1.84. The Balaban J connectivity index is 2.10. The van der Waals surface area contributed by atoms with Crippen molar-refractivity contribution in [1.82, 2.24) is 5.32 Å². The van der Waals surface area contributed by atoms with Crippen molar-refractivity contribution in [3.05, 3.63) is 70.7 Å². The van der Waals surface area contributed by atoms with E-state index >= 15 is 0 Å². The molecule has 0 heterocycles. The smallest absolute Gasteiger partial charge is 0.220 e. The second-order valence-corrected chi connectivity index (χ2v) is 5.70. The molecule has 3 nitrogen and oxygen atoms in total. The van der Waals surface area contributed by atoms with Gasteiger partial charge in [-0.15, -0.1) is 0 Å². The summed E-state index contributed by atoms with van der Waals surface area (Å²) in [5, 5.41) is 3.76. The molecule has 4 heteroatoms. The van der Waals surface area contributed by atoms with Gasteiger partial charge in [0, 0.05) is 24.7 Å². The monoisotopic (exact) mass is 331 g/mol. The van der Waals surface area contributed by atoms with E-state index in [4.69, 9.17) is 16.3 Å². The quantitative estimate of drug-likeness (QED) is 0.730. The van der Waals surface area contributed by atoms with Crippen LogP contribution in [0.1, 0.15) is 36.9 Å². The van der Waals surface area contributed by atoms with E-state index in [0.29, 0.717) is 24.7 Å². The third kappa shape index (κ3) is 5.70. The van der Waals surface area contributed by atoms with Crippen LogP contribution in [0.25, 0.3) is 0 Å². The van der Waals surface area contributed by atoms with Crippen molar-refractivity contribution in [2.24, 2.45) is 0 Å². The van der Waals surface area contributed by atoms with Gasteiger partial charge in [0.1, 0.15) is 0 Å². The van der Waals surface area contributed by atoms with Gasteiger partial charge in [-0.25, -0.2) is 0 Å². The van der Waals surface area contributed by atoms with Gasteiger partial charge in [-0.2, -0.15) is 0 Å². The van der Waals surface area contributed by atoms with Crippen LogP contribution in [0.5, 0.6) is 0 Å². The van der Waals surface area contributed by atoms with Crippen LogP contribution in [0, 0.1) is 0 Å². The summed E-state index contributed by atoms with van der Waals surface area (Å²) in [6.07, 6.45) is 1.17. The first kappa shape index (κ1) is 17.5. The zero-order chi connectivity index (χ0) is 16.5. The number of amides is 1. The zero-order valence-electron chi connectivity index (χ0n) is 13.3. The molecule has 0 aliphatic heterocycles. The largest absolute Gasteiger partial charge is 0.382 e. The fraction of sp³-hybridized carbons (Fsp3) is 0.316. The first-order chi connectivity index (χ1) is 11.2. The highest BCUT2D eigenvalue weighted by Crippen LogP contribution is 2.24. The molecule has 2 rings (SSSR count). The Labute approximate surface area is 142 Å². The maximum absolute atomic E-state index is 12.2. The normalized spacial score (nSPS) is 11.9. The van der Waals surface area contributed by atoms with Gasteiger partial charge in [-0.1, -0.05) is 54.1 Å². The number of hydrogen-bond acceptors (Lipinski definition) is 2. The fourth-order valence-electron chi connectivity index (χ4n) is 2.40. The minimum absolute atomic E-state index is 0.0125. The summed E-state index contributed by atoms with van der Waals surface area (Å²) in [6, 6.07) is 17.3. The third-order valence-electron chi connectivity index (χ3n) is 3.52. The summed E-state index contributed by atoms with van der Waals surface area (Å²) in [4.78, 5) is 12.2.